The first-order valence-electron chi connectivity index (χ1n) is 6.65. The van der Waals surface area contributed by atoms with Crippen LogP contribution in [0, 0.1) is 11.8 Å². The summed E-state index contributed by atoms with van der Waals surface area (Å²) >= 11 is 0. The molecular formula is C14H18N2O2. The summed E-state index contributed by atoms with van der Waals surface area (Å²) in [5.41, 5.74) is 0.779. The molecule has 2 aliphatic rings. The van der Waals surface area contributed by atoms with E-state index in [1.54, 1.807) is 0 Å². The summed E-state index contributed by atoms with van der Waals surface area (Å²) in [6.07, 6.45) is 5.41. The SMILES string of the molecule is O=C(/N=c1\ccccn1CC1CC1)C1CCOC1. The quantitative estimate of drug-likeness (QED) is 0.808. The number of ether oxygens (including phenoxy) is 1. The second kappa shape index (κ2) is 5.06. The molecule has 18 heavy (non-hydrogen) atoms. The highest BCUT2D eigenvalue weighted by Gasteiger charge is 2.24. The van der Waals surface area contributed by atoms with Gasteiger partial charge in [-0.3, -0.25) is 4.79 Å². The molecule has 3 rings (SSSR count). The fourth-order valence-electron chi connectivity index (χ4n) is 2.24. The molecule has 1 saturated carbocycles. The van der Waals surface area contributed by atoms with E-state index in [4.69, 9.17) is 4.74 Å². The molecule has 1 aliphatic carbocycles. The van der Waals surface area contributed by atoms with Crippen molar-refractivity contribution in [2.45, 2.75) is 25.8 Å². The summed E-state index contributed by atoms with van der Waals surface area (Å²) in [7, 11) is 0. The van der Waals surface area contributed by atoms with Crippen LogP contribution >= 0.6 is 0 Å². The van der Waals surface area contributed by atoms with Gasteiger partial charge in [-0.15, -0.1) is 0 Å². The van der Waals surface area contributed by atoms with Gasteiger partial charge in [-0.1, -0.05) is 6.07 Å². The second-order valence-corrected chi connectivity index (χ2v) is 5.17. The Balaban J connectivity index is 1.82. The fourth-order valence-corrected chi connectivity index (χ4v) is 2.24. The maximum Gasteiger partial charge on any atom is 0.253 e. The minimum Gasteiger partial charge on any atom is -0.381 e. The lowest BCUT2D eigenvalue weighted by molar-refractivity contribution is -0.121. The molecule has 1 aromatic rings. The third-order valence-corrected chi connectivity index (χ3v) is 3.57. The van der Waals surface area contributed by atoms with Crippen LogP contribution in [0.5, 0.6) is 0 Å². The Morgan fingerprint density at radius 2 is 2.28 bits per heavy atom. The standard InChI is InChI=1S/C14H18N2O2/c17-14(12-6-8-18-10-12)15-13-3-1-2-7-16(13)9-11-4-5-11/h1-3,7,11-12H,4-6,8-10H2/b15-13+. The molecule has 1 aromatic heterocycles. The average molecular weight is 246 g/mol. The predicted molar refractivity (Wildman–Crippen MR) is 66.7 cm³/mol. The maximum atomic E-state index is 12.0. The first-order chi connectivity index (χ1) is 8.83. The van der Waals surface area contributed by atoms with Gasteiger partial charge >= 0.3 is 0 Å². The lowest BCUT2D eigenvalue weighted by atomic mass is 10.1. The van der Waals surface area contributed by atoms with Gasteiger partial charge in [0, 0.05) is 19.3 Å². The van der Waals surface area contributed by atoms with Crippen LogP contribution in [0.25, 0.3) is 0 Å². The molecule has 4 nitrogen and oxygen atoms in total. The molecule has 0 N–H and O–H groups in total. The van der Waals surface area contributed by atoms with Gasteiger partial charge in [0.2, 0.25) is 0 Å². The molecule has 0 radical (unpaired) electrons. The predicted octanol–water partition coefficient (Wildman–Crippen LogP) is 1.36. The molecule has 1 amide bonds. The number of hydrogen-bond donors (Lipinski definition) is 0. The van der Waals surface area contributed by atoms with Crippen LogP contribution in [0.3, 0.4) is 0 Å². The molecule has 2 fully saturated rings. The molecule has 2 heterocycles. The molecule has 96 valence electrons. The Bertz CT molecular complexity index is 497. The molecular weight excluding hydrogens is 228 g/mol. The van der Waals surface area contributed by atoms with Crippen LogP contribution in [0.15, 0.2) is 29.4 Å². The Morgan fingerprint density at radius 1 is 1.39 bits per heavy atom. The zero-order valence-corrected chi connectivity index (χ0v) is 10.4. The van der Waals surface area contributed by atoms with E-state index >= 15 is 0 Å². The van der Waals surface area contributed by atoms with Crippen LogP contribution in [0.4, 0.5) is 0 Å². The molecule has 0 spiro atoms. The molecule has 1 aliphatic heterocycles. The van der Waals surface area contributed by atoms with E-state index in [2.05, 4.69) is 9.56 Å². The van der Waals surface area contributed by atoms with E-state index in [1.807, 2.05) is 24.4 Å². The fraction of sp³-hybridized carbons (Fsp3) is 0.571. The van der Waals surface area contributed by atoms with E-state index in [9.17, 15) is 4.79 Å². The molecule has 0 aromatic carbocycles. The number of hydrogen-bond acceptors (Lipinski definition) is 2. The van der Waals surface area contributed by atoms with Crippen LogP contribution in [0.2, 0.25) is 0 Å². The van der Waals surface area contributed by atoms with Crippen LogP contribution in [-0.2, 0) is 16.1 Å². The lowest BCUT2D eigenvalue weighted by Gasteiger charge is -2.06. The van der Waals surface area contributed by atoms with Gasteiger partial charge in [-0.05, 0) is 37.3 Å². The number of amides is 1. The monoisotopic (exact) mass is 246 g/mol. The van der Waals surface area contributed by atoms with Gasteiger partial charge in [-0.2, -0.15) is 4.99 Å². The van der Waals surface area contributed by atoms with Gasteiger partial charge in [0.25, 0.3) is 5.91 Å². The number of carbonyl (C=O) groups excluding carboxylic acids is 1. The summed E-state index contributed by atoms with van der Waals surface area (Å²) in [5, 5.41) is 0. The second-order valence-electron chi connectivity index (χ2n) is 5.17. The Kier molecular flexibility index (Phi) is 3.28. The maximum absolute atomic E-state index is 12.0. The van der Waals surface area contributed by atoms with Crippen LogP contribution < -0.4 is 5.49 Å². The molecule has 1 saturated heterocycles. The third-order valence-electron chi connectivity index (χ3n) is 3.57. The summed E-state index contributed by atoms with van der Waals surface area (Å²) < 4.78 is 7.32. The van der Waals surface area contributed by atoms with Crippen LogP contribution in [-0.4, -0.2) is 23.7 Å². The van der Waals surface area contributed by atoms with Crippen molar-refractivity contribution >= 4 is 5.91 Å². The Morgan fingerprint density at radius 3 is 3.00 bits per heavy atom. The lowest BCUT2D eigenvalue weighted by Crippen LogP contribution is -2.24. The number of nitrogens with zero attached hydrogens (tertiary/aromatic N) is 2. The largest absolute Gasteiger partial charge is 0.381 e. The highest BCUT2D eigenvalue weighted by Crippen LogP contribution is 2.29. The molecule has 4 heteroatoms. The van der Waals surface area contributed by atoms with Crippen molar-refractivity contribution in [2.75, 3.05) is 13.2 Å². The van der Waals surface area contributed by atoms with E-state index in [0.717, 1.165) is 24.4 Å². The van der Waals surface area contributed by atoms with Gasteiger partial charge in [0.05, 0.1) is 12.5 Å². The Labute approximate surface area is 106 Å². The normalized spacial score (nSPS) is 24.4. The number of aromatic nitrogens is 1. The number of rotatable bonds is 3. The van der Waals surface area contributed by atoms with Crippen molar-refractivity contribution in [2.24, 2.45) is 16.8 Å². The minimum atomic E-state index is -0.0421. The first kappa shape index (κ1) is 11.7. The van der Waals surface area contributed by atoms with Crippen LogP contribution in [0.1, 0.15) is 19.3 Å². The third kappa shape index (κ3) is 2.70. The van der Waals surface area contributed by atoms with E-state index in [-0.39, 0.29) is 11.8 Å². The van der Waals surface area contributed by atoms with E-state index in [0.29, 0.717) is 13.2 Å². The topological polar surface area (TPSA) is 43.6 Å². The zero-order valence-electron chi connectivity index (χ0n) is 10.4. The van der Waals surface area contributed by atoms with Crippen molar-refractivity contribution in [1.82, 2.24) is 4.57 Å². The number of pyridine rings is 1. The van der Waals surface area contributed by atoms with Gasteiger partial charge in [0.15, 0.2) is 0 Å². The highest BCUT2D eigenvalue weighted by atomic mass is 16.5. The van der Waals surface area contributed by atoms with Gasteiger partial charge in [0.1, 0.15) is 5.49 Å². The van der Waals surface area contributed by atoms with Crippen molar-refractivity contribution in [1.29, 1.82) is 0 Å². The van der Waals surface area contributed by atoms with Gasteiger partial charge in [-0.25, -0.2) is 0 Å². The van der Waals surface area contributed by atoms with Crippen molar-refractivity contribution in [3.63, 3.8) is 0 Å². The summed E-state index contributed by atoms with van der Waals surface area (Å²) in [5.74, 6) is 0.694. The first-order valence-corrected chi connectivity index (χ1v) is 6.65. The van der Waals surface area contributed by atoms with E-state index in [1.165, 1.54) is 12.8 Å². The summed E-state index contributed by atoms with van der Waals surface area (Å²) in [4.78, 5) is 16.3. The highest BCUT2D eigenvalue weighted by molar-refractivity contribution is 5.79. The van der Waals surface area contributed by atoms with Crippen molar-refractivity contribution in [3.05, 3.63) is 29.9 Å². The number of carbonyl (C=O) groups is 1. The van der Waals surface area contributed by atoms with Crippen molar-refractivity contribution < 1.29 is 9.53 Å². The minimum absolute atomic E-state index is 0.0387. The summed E-state index contributed by atoms with van der Waals surface area (Å²) in [6.45, 7) is 2.19. The zero-order chi connectivity index (χ0) is 12.4. The Hall–Kier alpha value is -1.42. The van der Waals surface area contributed by atoms with Crippen molar-refractivity contribution in [3.8, 4) is 0 Å². The van der Waals surface area contributed by atoms with E-state index < -0.39 is 0 Å². The average Bonchev–Trinajstić information content (AvgIpc) is 3.02. The van der Waals surface area contributed by atoms with Gasteiger partial charge < -0.3 is 9.30 Å². The molecule has 1 unspecified atom stereocenters. The smallest absolute Gasteiger partial charge is 0.253 e. The molecule has 0 bridgehead atoms. The molecule has 1 atom stereocenters. The summed E-state index contributed by atoms with van der Waals surface area (Å²) in [6, 6.07) is 5.83.